The van der Waals surface area contributed by atoms with Gasteiger partial charge < -0.3 is 10.4 Å². The van der Waals surface area contributed by atoms with E-state index in [1.165, 1.54) is 4.90 Å². The molecular formula is C15H22N2O3. The van der Waals surface area contributed by atoms with Crippen LogP contribution in [0.4, 0.5) is 10.5 Å². The highest BCUT2D eigenvalue weighted by atomic mass is 16.4. The smallest absolute Gasteiger partial charge is 0.326 e. The zero-order valence-electron chi connectivity index (χ0n) is 12.6. The van der Waals surface area contributed by atoms with Gasteiger partial charge in [-0.3, -0.25) is 4.90 Å². The SMILES string of the molecule is Cc1cccc(N(C)C(=O)N[C@H](C(=O)O)C(C)(C)C)c1. The maximum Gasteiger partial charge on any atom is 0.326 e. The number of hydrogen-bond donors (Lipinski definition) is 2. The largest absolute Gasteiger partial charge is 0.480 e. The Morgan fingerprint density at radius 2 is 1.90 bits per heavy atom. The first kappa shape index (κ1) is 16.0. The summed E-state index contributed by atoms with van der Waals surface area (Å²) in [5.41, 5.74) is 1.20. The Bertz CT molecular complexity index is 506. The van der Waals surface area contributed by atoms with E-state index < -0.39 is 23.5 Å². The van der Waals surface area contributed by atoms with Crippen LogP contribution in [0.5, 0.6) is 0 Å². The molecule has 0 fully saturated rings. The van der Waals surface area contributed by atoms with Crippen LogP contribution in [-0.4, -0.2) is 30.2 Å². The highest BCUT2D eigenvalue weighted by Crippen LogP contribution is 2.20. The normalized spacial score (nSPS) is 12.7. The first-order valence-electron chi connectivity index (χ1n) is 6.46. The second-order valence-corrected chi connectivity index (χ2v) is 5.98. The molecule has 2 amide bonds. The van der Waals surface area contributed by atoms with E-state index in [1.54, 1.807) is 33.9 Å². The maximum atomic E-state index is 12.2. The second-order valence-electron chi connectivity index (χ2n) is 5.98. The van der Waals surface area contributed by atoms with Crippen LogP contribution in [0, 0.1) is 12.3 Å². The van der Waals surface area contributed by atoms with E-state index in [9.17, 15) is 14.7 Å². The van der Waals surface area contributed by atoms with Gasteiger partial charge in [-0.25, -0.2) is 9.59 Å². The van der Waals surface area contributed by atoms with Crippen molar-refractivity contribution < 1.29 is 14.7 Å². The molecule has 0 saturated carbocycles. The molecule has 1 atom stereocenters. The third-order valence-corrected chi connectivity index (χ3v) is 3.07. The summed E-state index contributed by atoms with van der Waals surface area (Å²) >= 11 is 0. The standard InChI is InChI=1S/C15H22N2O3/c1-10-7-6-8-11(9-10)17(5)14(20)16-12(13(18)19)15(2,3)4/h6-9,12H,1-5H3,(H,16,20)(H,18,19)/t12-/m1/s1. The van der Waals surface area contributed by atoms with Gasteiger partial charge in [0.05, 0.1) is 0 Å². The number of nitrogens with one attached hydrogen (secondary N) is 1. The van der Waals surface area contributed by atoms with Crippen molar-refractivity contribution in [2.45, 2.75) is 33.7 Å². The van der Waals surface area contributed by atoms with Gasteiger partial charge in [-0.15, -0.1) is 0 Å². The lowest BCUT2D eigenvalue weighted by Gasteiger charge is -2.29. The molecule has 5 nitrogen and oxygen atoms in total. The minimum absolute atomic E-state index is 0.432. The third kappa shape index (κ3) is 3.98. The molecule has 1 rings (SSSR count). The lowest BCUT2D eigenvalue weighted by Crippen LogP contribution is -2.52. The van der Waals surface area contributed by atoms with E-state index in [0.29, 0.717) is 0 Å². The molecule has 110 valence electrons. The summed E-state index contributed by atoms with van der Waals surface area (Å²) in [4.78, 5) is 24.8. The van der Waals surface area contributed by atoms with Crippen LogP contribution in [-0.2, 0) is 4.79 Å². The first-order valence-corrected chi connectivity index (χ1v) is 6.46. The van der Waals surface area contributed by atoms with Gasteiger partial charge in [0, 0.05) is 12.7 Å². The van der Waals surface area contributed by atoms with Crippen molar-refractivity contribution >= 4 is 17.7 Å². The van der Waals surface area contributed by atoms with E-state index in [-0.39, 0.29) is 0 Å². The summed E-state index contributed by atoms with van der Waals surface area (Å²) in [7, 11) is 1.62. The zero-order chi connectivity index (χ0) is 15.5. The summed E-state index contributed by atoms with van der Waals surface area (Å²) in [6, 6.07) is 6.09. The molecule has 0 aliphatic heterocycles. The molecule has 2 N–H and O–H groups in total. The molecule has 0 heterocycles. The van der Waals surface area contributed by atoms with Crippen molar-refractivity contribution in [3.8, 4) is 0 Å². The Morgan fingerprint density at radius 3 is 2.35 bits per heavy atom. The van der Waals surface area contributed by atoms with E-state index in [1.807, 2.05) is 25.1 Å². The lowest BCUT2D eigenvalue weighted by molar-refractivity contribution is -0.141. The molecule has 0 saturated heterocycles. The van der Waals surface area contributed by atoms with Gasteiger partial charge in [0.1, 0.15) is 6.04 Å². The molecule has 0 aliphatic rings. The molecular weight excluding hydrogens is 256 g/mol. The number of hydrogen-bond acceptors (Lipinski definition) is 2. The van der Waals surface area contributed by atoms with Crippen molar-refractivity contribution in [3.05, 3.63) is 29.8 Å². The summed E-state index contributed by atoms with van der Waals surface area (Å²) in [5, 5.41) is 11.8. The Labute approximate surface area is 119 Å². The number of benzene rings is 1. The number of nitrogens with zero attached hydrogens (tertiary/aromatic N) is 1. The van der Waals surface area contributed by atoms with Crippen LogP contribution in [0.1, 0.15) is 26.3 Å². The molecule has 0 aliphatic carbocycles. The van der Waals surface area contributed by atoms with Gasteiger partial charge in [-0.05, 0) is 30.0 Å². The van der Waals surface area contributed by atoms with Crippen molar-refractivity contribution in [2.24, 2.45) is 5.41 Å². The number of rotatable bonds is 3. The third-order valence-electron chi connectivity index (χ3n) is 3.07. The summed E-state index contributed by atoms with van der Waals surface area (Å²) in [6.45, 7) is 7.26. The quantitative estimate of drug-likeness (QED) is 0.893. The minimum Gasteiger partial charge on any atom is -0.480 e. The van der Waals surface area contributed by atoms with Crippen LogP contribution in [0.3, 0.4) is 0 Å². The molecule has 20 heavy (non-hydrogen) atoms. The molecule has 1 aromatic rings. The molecule has 0 aromatic heterocycles. The fourth-order valence-corrected chi connectivity index (χ4v) is 1.82. The predicted molar refractivity (Wildman–Crippen MR) is 79.0 cm³/mol. The van der Waals surface area contributed by atoms with Crippen LogP contribution in [0.25, 0.3) is 0 Å². The van der Waals surface area contributed by atoms with E-state index in [0.717, 1.165) is 11.3 Å². The second kappa shape index (κ2) is 5.94. The molecule has 0 radical (unpaired) electrons. The summed E-state index contributed by atoms with van der Waals surface area (Å²) < 4.78 is 0. The molecule has 0 bridgehead atoms. The lowest BCUT2D eigenvalue weighted by atomic mass is 9.87. The number of carboxylic acids is 1. The van der Waals surface area contributed by atoms with Crippen LogP contribution in [0.2, 0.25) is 0 Å². The van der Waals surface area contributed by atoms with Gasteiger partial charge in [0.2, 0.25) is 0 Å². The van der Waals surface area contributed by atoms with Crippen LogP contribution < -0.4 is 10.2 Å². The average molecular weight is 278 g/mol. The van der Waals surface area contributed by atoms with Gasteiger partial charge in [-0.2, -0.15) is 0 Å². The molecule has 0 spiro atoms. The number of carboxylic acid groups (broad SMARTS) is 1. The number of aliphatic carboxylic acids is 1. The van der Waals surface area contributed by atoms with E-state index in [4.69, 9.17) is 0 Å². The predicted octanol–water partition coefficient (Wildman–Crippen LogP) is 2.64. The van der Waals surface area contributed by atoms with E-state index >= 15 is 0 Å². The zero-order valence-corrected chi connectivity index (χ0v) is 12.6. The monoisotopic (exact) mass is 278 g/mol. The Kier molecular flexibility index (Phi) is 4.76. The summed E-state index contributed by atoms with van der Waals surface area (Å²) in [6.07, 6.45) is 0. The molecule has 5 heteroatoms. The number of carbonyl (C=O) groups is 2. The van der Waals surface area contributed by atoms with Crippen molar-refractivity contribution in [1.29, 1.82) is 0 Å². The van der Waals surface area contributed by atoms with Crippen LogP contribution in [0.15, 0.2) is 24.3 Å². The Balaban J connectivity index is 2.87. The fourth-order valence-electron chi connectivity index (χ4n) is 1.82. The Hall–Kier alpha value is -2.04. The van der Waals surface area contributed by atoms with Gasteiger partial charge in [-0.1, -0.05) is 32.9 Å². The minimum atomic E-state index is -1.04. The molecule has 0 unspecified atom stereocenters. The number of carbonyl (C=O) groups excluding carboxylic acids is 1. The maximum absolute atomic E-state index is 12.2. The van der Waals surface area contributed by atoms with Crippen molar-refractivity contribution in [2.75, 3.05) is 11.9 Å². The van der Waals surface area contributed by atoms with Crippen LogP contribution >= 0.6 is 0 Å². The topological polar surface area (TPSA) is 69.6 Å². The van der Waals surface area contributed by atoms with Crippen molar-refractivity contribution in [3.63, 3.8) is 0 Å². The van der Waals surface area contributed by atoms with Gasteiger partial charge >= 0.3 is 12.0 Å². The Morgan fingerprint density at radius 1 is 1.30 bits per heavy atom. The number of amides is 2. The number of anilines is 1. The van der Waals surface area contributed by atoms with Gasteiger partial charge in [0.25, 0.3) is 0 Å². The van der Waals surface area contributed by atoms with Crippen molar-refractivity contribution in [1.82, 2.24) is 5.32 Å². The first-order chi connectivity index (χ1) is 9.12. The average Bonchev–Trinajstić information content (AvgIpc) is 2.32. The highest BCUT2D eigenvalue weighted by molar-refractivity contribution is 5.94. The fraction of sp³-hybridized carbons (Fsp3) is 0.467. The number of aryl methyl sites for hydroxylation is 1. The highest BCUT2D eigenvalue weighted by Gasteiger charge is 2.33. The van der Waals surface area contributed by atoms with Gasteiger partial charge in [0.15, 0.2) is 0 Å². The van der Waals surface area contributed by atoms with E-state index in [2.05, 4.69) is 5.32 Å². The summed E-state index contributed by atoms with van der Waals surface area (Å²) in [5.74, 6) is -1.04. The molecule has 1 aromatic carbocycles. The number of urea groups is 1.